The average molecular weight is 441 g/mol. The Labute approximate surface area is 159 Å². The molecular formula is C17H17BrN2O5S. The van der Waals surface area contributed by atoms with Crippen LogP contribution in [0.4, 0.5) is 5.69 Å². The summed E-state index contributed by atoms with van der Waals surface area (Å²) < 4.78 is 32.3. The second kappa shape index (κ2) is 8.81. The maximum absolute atomic E-state index is 12.3. The molecule has 2 N–H and O–H groups in total. The van der Waals surface area contributed by atoms with Crippen molar-refractivity contribution in [2.24, 2.45) is 0 Å². The van der Waals surface area contributed by atoms with Crippen LogP contribution in [0.1, 0.15) is 5.56 Å². The van der Waals surface area contributed by atoms with Crippen molar-refractivity contribution in [1.29, 1.82) is 0 Å². The van der Waals surface area contributed by atoms with Gasteiger partial charge in [-0.1, -0.05) is 28.1 Å². The fourth-order valence-electron chi connectivity index (χ4n) is 2.01. The number of nitrogens with one attached hydrogen (secondary N) is 2. The Morgan fingerprint density at radius 3 is 2.23 bits per heavy atom. The molecule has 0 atom stereocenters. The normalized spacial score (nSPS) is 10.8. The smallest absolute Gasteiger partial charge is 0.325 e. The number of esters is 1. The van der Waals surface area contributed by atoms with Gasteiger partial charge in [0.2, 0.25) is 5.91 Å². The molecule has 0 bridgehead atoms. The lowest BCUT2D eigenvalue weighted by atomic mass is 10.1. The van der Waals surface area contributed by atoms with Gasteiger partial charge < -0.3 is 10.1 Å². The van der Waals surface area contributed by atoms with E-state index in [0.29, 0.717) is 11.3 Å². The minimum absolute atomic E-state index is 0.0662. The van der Waals surface area contributed by atoms with E-state index in [-0.39, 0.29) is 23.8 Å². The number of rotatable bonds is 7. The maximum atomic E-state index is 12.3. The minimum atomic E-state index is -3.69. The highest BCUT2D eigenvalue weighted by atomic mass is 79.9. The first-order valence-electron chi connectivity index (χ1n) is 7.51. The van der Waals surface area contributed by atoms with Crippen LogP contribution in [-0.2, 0) is 30.8 Å². The number of carbonyl (C=O) groups excluding carboxylic acids is 2. The topological polar surface area (TPSA) is 102 Å². The fraction of sp³-hybridized carbons (Fsp3) is 0.176. The second-order valence-electron chi connectivity index (χ2n) is 5.29. The fourth-order valence-corrected chi connectivity index (χ4v) is 3.33. The van der Waals surface area contributed by atoms with Gasteiger partial charge in [-0.3, -0.25) is 14.3 Å². The number of methoxy groups -OCH3 is 1. The Morgan fingerprint density at radius 2 is 1.65 bits per heavy atom. The first-order valence-corrected chi connectivity index (χ1v) is 9.78. The Balaban J connectivity index is 1.97. The van der Waals surface area contributed by atoms with Crippen molar-refractivity contribution in [1.82, 2.24) is 5.32 Å². The maximum Gasteiger partial charge on any atom is 0.325 e. The molecule has 9 heteroatoms. The van der Waals surface area contributed by atoms with Gasteiger partial charge in [-0.2, -0.15) is 0 Å². The summed E-state index contributed by atoms with van der Waals surface area (Å²) in [6, 6.07) is 12.7. The zero-order valence-electron chi connectivity index (χ0n) is 13.9. The van der Waals surface area contributed by atoms with E-state index >= 15 is 0 Å². The highest BCUT2D eigenvalue weighted by Crippen LogP contribution is 2.19. The molecule has 0 aliphatic carbocycles. The number of anilines is 1. The molecule has 0 saturated carbocycles. The van der Waals surface area contributed by atoms with Gasteiger partial charge in [0.25, 0.3) is 10.0 Å². The van der Waals surface area contributed by atoms with Crippen LogP contribution in [0.5, 0.6) is 0 Å². The molecule has 7 nitrogen and oxygen atoms in total. The SMILES string of the molecule is COC(=O)CNC(=O)Cc1ccc(NS(=O)(=O)c2ccc(Br)cc2)cc1. The predicted molar refractivity (Wildman–Crippen MR) is 100 cm³/mol. The highest BCUT2D eigenvalue weighted by Gasteiger charge is 2.14. The summed E-state index contributed by atoms with van der Waals surface area (Å²) in [6.45, 7) is -0.194. The first-order chi connectivity index (χ1) is 12.3. The van der Waals surface area contributed by atoms with E-state index in [0.717, 1.165) is 4.47 Å². The van der Waals surface area contributed by atoms with Crippen LogP contribution in [0.15, 0.2) is 57.9 Å². The van der Waals surface area contributed by atoms with E-state index in [1.165, 1.54) is 19.2 Å². The van der Waals surface area contributed by atoms with Crippen molar-refractivity contribution in [3.05, 3.63) is 58.6 Å². The van der Waals surface area contributed by atoms with Gasteiger partial charge in [0.15, 0.2) is 0 Å². The lowest BCUT2D eigenvalue weighted by Gasteiger charge is -2.09. The summed E-state index contributed by atoms with van der Waals surface area (Å²) in [5, 5.41) is 2.43. The number of benzene rings is 2. The van der Waals surface area contributed by atoms with Gasteiger partial charge in [0, 0.05) is 10.2 Å². The largest absolute Gasteiger partial charge is 0.468 e. The van der Waals surface area contributed by atoms with Crippen molar-refractivity contribution in [2.75, 3.05) is 18.4 Å². The van der Waals surface area contributed by atoms with Gasteiger partial charge in [-0.05, 0) is 42.0 Å². The molecule has 2 aromatic rings. The molecule has 0 unspecified atom stereocenters. The Morgan fingerprint density at radius 1 is 1.04 bits per heavy atom. The third-order valence-electron chi connectivity index (χ3n) is 3.35. The van der Waals surface area contributed by atoms with Crippen LogP contribution < -0.4 is 10.0 Å². The molecule has 1 amide bonds. The van der Waals surface area contributed by atoms with E-state index in [1.807, 2.05) is 0 Å². The number of carbonyl (C=O) groups is 2. The number of hydrogen-bond donors (Lipinski definition) is 2. The van der Waals surface area contributed by atoms with Gasteiger partial charge in [0.05, 0.1) is 18.4 Å². The van der Waals surface area contributed by atoms with Crippen LogP contribution in [0.2, 0.25) is 0 Å². The van der Waals surface area contributed by atoms with Gasteiger partial charge in [-0.15, -0.1) is 0 Å². The molecule has 0 fully saturated rings. The zero-order valence-corrected chi connectivity index (χ0v) is 16.3. The van der Waals surface area contributed by atoms with Crippen LogP contribution >= 0.6 is 15.9 Å². The van der Waals surface area contributed by atoms with E-state index in [9.17, 15) is 18.0 Å². The summed E-state index contributed by atoms with van der Waals surface area (Å²) in [5.74, 6) is -0.866. The number of halogens is 1. The summed E-state index contributed by atoms with van der Waals surface area (Å²) in [7, 11) is -2.45. The summed E-state index contributed by atoms with van der Waals surface area (Å²) in [4.78, 5) is 22.8. The molecule has 0 saturated heterocycles. The Hall–Kier alpha value is -2.39. The monoisotopic (exact) mass is 440 g/mol. The quantitative estimate of drug-likeness (QED) is 0.641. The molecule has 0 heterocycles. The second-order valence-corrected chi connectivity index (χ2v) is 7.88. The molecule has 0 spiro atoms. The standard InChI is InChI=1S/C17H17BrN2O5S/c1-25-17(22)11-19-16(21)10-12-2-6-14(7-3-12)20-26(23,24)15-8-4-13(18)5-9-15/h2-9,20H,10-11H2,1H3,(H,19,21). The molecule has 0 aliphatic heterocycles. The van der Waals surface area contributed by atoms with E-state index in [4.69, 9.17) is 0 Å². The summed E-state index contributed by atoms with van der Waals surface area (Å²) in [5.41, 5.74) is 1.06. The van der Waals surface area contributed by atoms with Crippen molar-refractivity contribution in [3.63, 3.8) is 0 Å². The van der Waals surface area contributed by atoms with Gasteiger partial charge in [-0.25, -0.2) is 8.42 Å². The van der Waals surface area contributed by atoms with E-state index in [2.05, 4.69) is 30.7 Å². The molecule has 26 heavy (non-hydrogen) atoms. The molecule has 2 rings (SSSR count). The number of ether oxygens (including phenoxy) is 1. The van der Waals surface area contributed by atoms with Crippen LogP contribution in [0.25, 0.3) is 0 Å². The first kappa shape index (κ1) is 19.9. The van der Waals surface area contributed by atoms with E-state index < -0.39 is 16.0 Å². The average Bonchev–Trinajstić information content (AvgIpc) is 2.61. The molecular weight excluding hydrogens is 424 g/mol. The Bertz CT molecular complexity index is 880. The summed E-state index contributed by atoms with van der Waals surface area (Å²) in [6.07, 6.45) is 0.0662. The number of sulfonamides is 1. The molecule has 0 aliphatic rings. The van der Waals surface area contributed by atoms with Crippen molar-refractivity contribution in [2.45, 2.75) is 11.3 Å². The Kier molecular flexibility index (Phi) is 6.76. The molecule has 138 valence electrons. The van der Waals surface area contributed by atoms with Crippen LogP contribution in [0, 0.1) is 0 Å². The molecule has 2 aromatic carbocycles. The number of hydrogen-bond acceptors (Lipinski definition) is 5. The predicted octanol–water partition coefficient (Wildman–Crippen LogP) is 2.08. The molecule has 0 aromatic heterocycles. The minimum Gasteiger partial charge on any atom is -0.468 e. The van der Waals surface area contributed by atoms with Crippen LogP contribution in [0.3, 0.4) is 0 Å². The van der Waals surface area contributed by atoms with Gasteiger partial charge >= 0.3 is 5.97 Å². The van der Waals surface area contributed by atoms with Crippen molar-refractivity contribution in [3.8, 4) is 0 Å². The van der Waals surface area contributed by atoms with E-state index in [1.54, 1.807) is 36.4 Å². The lowest BCUT2D eigenvalue weighted by Crippen LogP contribution is -2.31. The van der Waals surface area contributed by atoms with Crippen molar-refractivity contribution >= 4 is 43.5 Å². The van der Waals surface area contributed by atoms with Gasteiger partial charge in [0.1, 0.15) is 6.54 Å². The van der Waals surface area contributed by atoms with Crippen molar-refractivity contribution < 1.29 is 22.7 Å². The van der Waals surface area contributed by atoms with Crippen LogP contribution in [-0.4, -0.2) is 33.9 Å². The third-order valence-corrected chi connectivity index (χ3v) is 5.28. The number of amides is 1. The third kappa shape index (κ3) is 5.85. The zero-order chi connectivity index (χ0) is 19.2. The highest BCUT2D eigenvalue weighted by molar-refractivity contribution is 9.10. The lowest BCUT2D eigenvalue weighted by molar-refractivity contribution is -0.141. The molecule has 0 radical (unpaired) electrons. The summed E-state index contributed by atoms with van der Waals surface area (Å²) >= 11 is 3.26.